The van der Waals surface area contributed by atoms with Gasteiger partial charge in [-0.05, 0) is 80.8 Å². The van der Waals surface area contributed by atoms with E-state index >= 15 is 0 Å². The number of benzene rings is 4. The van der Waals surface area contributed by atoms with Crippen molar-refractivity contribution in [1.82, 2.24) is 19.9 Å². The van der Waals surface area contributed by atoms with Crippen LogP contribution in [0.15, 0.2) is 119 Å². The number of aromatic nitrogens is 4. The summed E-state index contributed by atoms with van der Waals surface area (Å²) in [5.74, 6) is 1.17. The maximum atomic E-state index is 5.45. The first-order valence-electron chi connectivity index (χ1n) is 12.3. The molecule has 0 aliphatic rings. The molecule has 6 nitrogen and oxygen atoms in total. The Morgan fingerprint density at radius 3 is 1.63 bits per heavy atom. The maximum absolute atomic E-state index is 5.45. The second-order valence-electron chi connectivity index (χ2n) is 9.25. The van der Waals surface area contributed by atoms with Gasteiger partial charge in [0.1, 0.15) is 17.7 Å². The van der Waals surface area contributed by atoms with Crippen LogP contribution in [0.2, 0.25) is 0 Å². The topological polar surface area (TPSA) is 77.8 Å². The molecule has 0 aliphatic carbocycles. The van der Waals surface area contributed by atoms with Crippen LogP contribution in [0.5, 0.6) is 0 Å². The molecule has 0 amide bonds. The van der Waals surface area contributed by atoms with Crippen LogP contribution in [-0.2, 0) is 0 Å². The number of rotatable bonds is 4. The van der Waals surface area contributed by atoms with Crippen LogP contribution in [0.3, 0.4) is 0 Å². The molecular weight excluding hydrogens is 472 g/mol. The monoisotopic (exact) mass is 490 g/mol. The van der Waals surface area contributed by atoms with Gasteiger partial charge in [-0.15, -0.1) is 0 Å². The molecule has 4 aromatic carbocycles. The summed E-state index contributed by atoms with van der Waals surface area (Å²) >= 11 is 0. The van der Waals surface area contributed by atoms with E-state index < -0.39 is 0 Å². The Labute approximate surface area is 216 Å². The average Bonchev–Trinajstić information content (AvgIpc) is 3.71. The van der Waals surface area contributed by atoms with E-state index in [1.54, 1.807) is 18.7 Å². The zero-order chi connectivity index (χ0) is 25.1. The summed E-state index contributed by atoms with van der Waals surface area (Å²) < 4.78 is 10.9. The van der Waals surface area contributed by atoms with Gasteiger partial charge in [-0.3, -0.25) is 0 Å². The number of nitrogens with zero attached hydrogens (tertiary/aromatic N) is 4. The van der Waals surface area contributed by atoms with Gasteiger partial charge in [-0.25, -0.2) is 19.9 Å². The second kappa shape index (κ2) is 8.08. The third-order valence-corrected chi connectivity index (χ3v) is 6.96. The van der Waals surface area contributed by atoms with Gasteiger partial charge in [-0.1, -0.05) is 36.4 Å². The highest BCUT2D eigenvalue weighted by Crippen LogP contribution is 2.39. The minimum Gasteiger partial charge on any atom is -0.443 e. The Bertz CT molecular complexity index is 1860. The van der Waals surface area contributed by atoms with Crippen LogP contribution in [-0.4, -0.2) is 19.9 Å². The van der Waals surface area contributed by atoms with Crippen LogP contribution >= 0.6 is 0 Å². The lowest BCUT2D eigenvalue weighted by molar-refractivity contribution is 0.570. The van der Waals surface area contributed by atoms with E-state index in [-0.39, 0.29) is 0 Å². The van der Waals surface area contributed by atoms with Crippen LogP contribution in [0.4, 0.5) is 0 Å². The van der Waals surface area contributed by atoms with Crippen LogP contribution in [0.1, 0.15) is 0 Å². The molecule has 0 atom stereocenters. The highest BCUT2D eigenvalue weighted by molar-refractivity contribution is 6.24. The molecule has 38 heavy (non-hydrogen) atoms. The van der Waals surface area contributed by atoms with Crippen molar-refractivity contribution in [2.75, 3.05) is 0 Å². The van der Waals surface area contributed by atoms with Gasteiger partial charge >= 0.3 is 0 Å². The molecule has 4 heterocycles. The molecule has 8 rings (SSSR count). The molecule has 8 aromatic rings. The fourth-order valence-electron chi connectivity index (χ4n) is 5.27. The van der Waals surface area contributed by atoms with Crippen LogP contribution in [0, 0.1) is 0 Å². The van der Waals surface area contributed by atoms with Gasteiger partial charge in [0.2, 0.25) is 5.89 Å². The van der Waals surface area contributed by atoms with Crippen molar-refractivity contribution in [3.05, 3.63) is 110 Å². The average molecular weight is 491 g/mol. The minimum absolute atomic E-state index is 0.515. The Balaban J connectivity index is 1.27. The molecule has 0 unspecified atom stereocenters. The molecule has 0 spiro atoms. The van der Waals surface area contributed by atoms with E-state index in [1.807, 2.05) is 36.4 Å². The van der Waals surface area contributed by atoms with E-state index in [0.717, 1.165) is 28.2 Å². The molecule has 0 bridgehead atoms. The lowest BCUT2D eigenvalue weighted by Crippen LogP contribution is -1.91. The summed E-state index contributed by atoms with van der Waals surface area (Å²) in [5.41, 5.74) is 5.36. The largest absolute Gasteiger partial charge is 0.443 e. The molecule has 0 aliphatic heterocycles. The predicted octanol–water partition coefficient (Wildman–Crippen LogP) is 8.02. The van der Waals surface area contributed by atoms with Gasteiger partial charge in [0, 0.05) is 11.1 Å². The first-order chi connectivity index (χ1) is 18.8. The molecule has 0 saturated heterocycles. The number of oxazole rings is 2. The quantitative estimate of drug-likeness (QED) is 0.233. The first-order valence-corrected chi connectivity index (χ1v) is 12.3. The first kappa shape index (κ1) is 20.8. The van der Waals surface area contributed by atoms with E-state index in [9.17, 15) is 0 Å². The van der Waals surface area contributed by atoms with Crippen molar-refractivity contribution in [1.29, 1.82) is 0 Å². The molecule has 0 saturated carbocycles. The molecule has 4 aromatic heterocycles. The molecule has 0 radical (unpaired) electrons. The van der Waals surface area contributed by atoms with Gasteiger partial charge in [0.15, 0.2) is 12.2 Å². The van der Waals surface area contributed by atoms with Gasteiger partial charge in [0.25, 0.3) is 0 Å². The molecular formula is C32H18N4O2. The highest BCUT2D eigenvalue weighted by Gasteiger charge is 2.14. The summed E-state index contributed by atoms with van der Waals surface area (Å²) in [6.45, 7) is 0. The fraction of sp³-hybridized carbons (Fsp3) is 0. The standard InChI is InChI=1S/C32H18N4O2/c1-3-25(35-27(5-1)29-17-33-18-38-29)23-13-19-7-9-21-15-24(16-22-10-8-20(14-23)30(19)31(21)22)26-4-2-6-28(36-26)32-34-11-12-37-32/h1-18H. The fourth-order valence-corrected chi connectivity index (χ4v) is 5.27. The number of hydrogen-bond acceptors (Lipinski definition) is 6. The zero-order valence-corrected chi connectivity index (χ0v) is 20.0. The summed E-state index contributed by atoms with van der Waals surface area (Å²) in [6.07, 6.45) is 6.30. The minimum atomic E-state index is 0.515. The molecule has 0 N–H and O–H groups in total. The van der Waals surface area contributed by atoms with E-state index in [1.165, 1.54) is 38.7 Å². The van der Waals surface area contributed by atoms with Crippen molar-refractivity contribution in [2.45, 2.75) is 0 Å². The van der Waals surface area contributed by atoms with Gasteiger partial charge in [0.05, 0.1) is 23.8 Å². The molecule has 6 heteroatoms. The van der Waals surface area contributed by atoms with E-state index in [0.29, 0.717) is 17.3 Å². The van der Waals surface area contributed by atoms with Crippen molar-refractivity contribution < 1.29 is 8.83 Å². The van der Waals surface area contributed by atoms with E-state index in [2.05, 4.69) is 58.5 Å². The Morgan fingerprint density at radius 1 is 0.553 bits per heavy atom. The molecule has 178 valence electrons. The smallest absolute Gasteiger partial charge is 0.245 e. The summed E-state index contributed by atoms with van der Waals surface area (Å²) in [5, 5.41) is 7.22. The van der Waals surface area contributed by atoms with Crippen molar-refractivity contribution >= 4 is 32.3 Å². The Kier molecular flexibility index (Phi) is 4.42. The maximum Gasteiger partial charge on any atom is 0.245 e. The third kappa shape index (κ3) is 3.28. The predicted molar refractivity (Wildman–Crippen MR) is 148 cm³/mol. The SMILES string of the molecule is c1cc(-c2cc3ccc4cc(-c5cccc(-c6ncco6)n5)cc5ccc(c2)c3c45)nc(-c2cnco2)c1. The molecule has 0 fully saturated rings. The van der Waals surface area contributed by atoms with Crippen molar-refractivity contribution in [2.24, 2.45) is 0 Å². The van der Waals surface area contributed by atoms with Crippen LogP contribution in [0.25, 0.3) is 77.9 Å². The summed E-state index contributed by atoms with van der Waals surface area (Å²) in [6, 6.07) is 29.5. The third-order valence-electron chi connectivity index (χ3n) is 6.96. The van der Waals surface area contributed by atoms with Crippen molar-refractivity contribution in [3.8, 4) is 45.6 Å². The van der Waals surface area contributed by atoms with Gasteiger partial charge < -0.3 is 8.83 Å². The normalized spacial score (nSPS) is 11.7. The lowest BCUT2D eigenvalue weighted by Gasteiger charge is -2.14. The summed E-state index contributed by atoms with van der Waals surface area (Å²) in [4.78, 5) is 17.9. The lowest BCUT2D eigenvalue weighted by atomic mass is 9.90. The number of pyridine rings is 2. The number of hydrogen-bond donors (Lipinski definition) is 0. The Morgan fingerprint density at radius 2 is 1.11 bits per heavy atom. The van der Waals surface area contributed by atoms with Crippen molar-refractivity contribution in [3.63, 3.8) is 0 Å². The Hall–Kier alpha value is -5.36. The highest BCUT2D eigenvalue weighted by atomic mass is 16.3. The van der Waals surface area contributed by atoms with Gasteiger partial charge in [-0.2, -0.15) is 0 Å². The van der Waals surface area contributed by atoms with E-state index in [4.69, 9.17) is 18.8 Å². The van der Waals surface area contributed by atoms with Crippen LogP contribution < -0.4 is 0 Å². The summed E-state index contributed by atoms with van der Waals surface area (Å²) in [7, 11) is 0. The second-order valence-corrected chi connectivity index (χ2v) is 9.25. The zero-order valence-electron chi connectivity index (χ0n) is 20.0.